The van der Waals surface area contributed by atoms with Gasteiger partial charge in [0.25, 0.3) is 11.6 Å². The average Bonchev–Trinajstić information content (AvgIpc) is 2.46. The van der Waals surface area contributed by atoms with Crippen LogP contribution in [0.15, 0.2) is 48.5 Å². The molecule has 0 aromatic heterocycles. The lowest BCUT2D eigenvalue weighted by Gasteiger charge is -2.03. The molecule has 19 heavy (non-hydrogen) atoms. The van der Waals surface area contributed by atoms with Gasteiger partial charge in [-0.25, -0.2) is 5.48 Å². The quantitative estimate of drug-likeness (QED) is 0.502. The van der Waals surface area contributed by atoms with Crippen molar-refractivity contribution in [1.29, 1.82) is 0 Å². The highest BCUT2D eigenvalue weighted by molar-refractivity contribution is 5.93. The first-order chi connectivity index (χ1) is 9.11. The maximum atomic E-state index is 11.2. The van der Waals surface area contributed by atoms with Crippen LogP contribution in [-0.4, -0.2) is 16.0 Å². The van der Waals surface area contributed by atoms with Gasteiger partial charge >= 0.3 is 0 Å². The Labute approximate surface area is 108 Å². The molecule has 0 spiro atoms. The second-order valence-electron chi connectivity index (χ2n) is 3.83. The van der Waals surface area contributed by atoms with Gasteiger partial charge in [0.15, 0.2) is 0 Å². The number of rotatable bonds is 3. The van der Waals surface area contributed by atoms with Gasteiger partial charge in [-0.2, -0.15) is 0 Å². The van der Waals surface area contributed by atoms with E-state index < -0.39 is 10.8 Å². The third-order valence-electron chi connectivity index (χ3n) is 2.64. The summed E-state index contributed by atoms with van der Waals surface area (Å²) in [5, 5.41) is 19.2. The summed E-state index contributed by atoms with van der Waals surface area (Å²) in [4.78, 5) is 21.4. The fourth-order valence-electron chi connectivity index (χ4n) is 1.68. The molecule has 0 bridgehead atoms. The van der Waals surface area contributed by atoms with Gasteiger partial charge in [0.2, 0.25) is 0 Å². The Kier molecular flexibility index (Phi) is 3.53. The van der Waals surface area contributed by atoms with E-state index in [-0.39, 0.29) is 5.69 Å². The van der Waals surface area contributed by atoms with E-state index in [2.05, 4.69) is 0 Å². The Bertz CT molecular complexity index is 623. The molecule has 0 fully saturated rings. The Hall–Kier alpha value is -2.73. The summed E-state index contributed by atoms with van der Waals surface area (Å²) < 4.78 is 0. The Morgan fingerprint density at radius 3 is 2.37 bits per heavy atom. The van der Waals surface area contributed by atoms with Crippen molar-refractivity contribution >= 4 is 11.6 Å². The number of non-ortho nitro benzene ring substituents is 1. The number of nitro benzene ring substituents is 1. The lowest BCUT2D eigenvalue weighted by atomic mass is 10.0. The molecule has 2 N–H and O–H groups in total. The lowest BCUT2D eigenvalue weighted by molar-refractivity contribution is -0.384. The normalized spacial score (nSPS) is 9.95. The van der Waals surface area contributed by atoms with E-state index in [0.717, 1.165) is 5.56 Å². The molecule has 0 heterocycles. The van der Waals surface area contributed by atoms with E-state index in [1.807, 2.05) is 0 Å². The van der Waals surface area contributed by atoms with E-state index in [4.69, 9.17) is 5.21 Å². The molecule has 0 unspecified atom stereocenters. The minimum absolute atomic E-state index is 0.00896. The zero-order chi connectivity index (χ0) is 13.8. The van der Waals surface area contributed by atoms with Crippen molar-refractivity contribution in [3.63, 3.8) is 0 Å². The van der Waals surface area contributed by atoms with Gasteiger partial charge in [-0.05, 0) is 23.3 Å². The molecule has 1 amide bonds. The van der Waals surface area contributed by atoms with Gasteiger partial charge in [-0.1, -0.05) is 24.3 Å². The van der Waals surface area contributed by atoms with Crippen LogP contribution in [0.2, 0.25) is 0 Å². The van der Waals surface area contributed by atoms with Crippen LogP contribution in [0.25, 0.3) is 11.1 Å². The van der Waals surface area contributed by atoms with Crippen molar-refractivity contribution in [1.82, 2.24) is 5.48 Å². The molecule has 0 aliphatic carbocycles. The molecular formula is C13H10N2O4. The van der Waals surface area contributed by atoms with Crippen LogP contribution in [0.4, 0.5) is 5.69 Å². The van der Waals surface area contributed by atoms with E-state index in [0.29, 0.717) is 11.1 Å². The molecule has 6 nitrogen and oxygen atoms in total. The average molecular weight is 258 g/mol. The SMILES string of the molecule is O=C(NO)c1ccc(-c2cccc([N+](=O)[O-])c2)cc1. The highest BCUT2D eigenvalue weighted by Crippen LogP contribution is 2.24. The Morgan fingerprint density at radius 2 is 1.79 bits per heavy atom. The van der Waals surface area contributed by atoms with Gasteiger partial charge in [-0.3, -0.25) is 20.1 Å². The second kappa shape index (κ2) is 5.28. The largest absolute Gasteiger partial charge is 0.288 e. The van der Waals surface area contributed by atoms with E-state index in [1.165, 1.54) is 29.7 Å². The number of amides is 1. The highest BCUT2D eigenvalue weighted by Gasteiger charge is 2.08. The molecule has 2 rings (SSSR count). The molecule has 6 heteroatoms. The summed E-state index contributed by atoms with van der Waals surface area (Å²) >= 11 is 0. The fourth-order valence-corrected chi connectivity index (χ4v) is 1.68. The Balaban J connectivity index is 2.34. The molecular weight excluding hydrogens is 248 g/mol. The maximum Gasteiger partial charge on any atom is 0.274 e. The predicted molar refractivity (Wildman–Crippen MR) is 67.8 cm³/mol. The number of hydrogen-bond donors (Lipinski definition) is 2. The van der Waals surface area contributed by atoms with Gasteiger partial charge in [0, 0.05) is 17.7 Å². The Morgan fingerprint density at radius 1 is 1.11 bits per heavy atom. The molecule has 0 aliphatic rings. The van der Waals surface area contributed by atoms with Crippen molar-refractivity contribution in [3.8, 4) is 11.1 Å². The minimum Gasteiger partial charge on any atom is -0.288 e. The van der Waals surface area contributed by atoms with E-state index in [9.17, 15) is 14.9 Å². The molecule has 0 aliphatic heterocycles. The highest BCUT2D eigenvalue weighted by atomic mass is 16.6. The number of nitrogens with one attached hydrogen (secondary N) is 1. The number of carbonyl (C=O) groups is 1. The van der Waals surface area contributed by atoms with Crippen LogP contribution < -0.4 is 5.48 Å². The summed E-state index contributed by atoms with van der Waals surface area (Å²) in [6.07, 6.45) is 0. The lowest BCUT2D eigenvalue weighted by Crippen LogP contribution is -2.18. The van der Waals surface area contributed by atoms with Gasteiger partial charge < -0.3 is 0 Å². The third kappa shape index (κ3) is 2.75. The minimum atomic E-state index is -0.606. The first-order valence-electron chi connectivity index (χ1n) is 5.41. The summed E-state index contributed by atoms with van der Waals surface area (Å²) in [6, 6.07) is 12.6. The van der Waals surface area contributed by atoms with Gasteiger partial charge in [-0.15, -0.1) is 0 Å². The van der Waals surface area contributed by atoms with Gasteiger partial charge in [0.05, 0.1) is 4.92 Å². The zero-order valence-corrected chi connectivity index (χ0v) is 9.74. The van der Waals surface area contributed by atoms with Crippen molar-refractivity contribution in [2.75, 3.05) is 0 Å². The van der Waals surface area contributed by atoms with E-state index in [1.54, 1.807) is 24.3 Å². The van der Waals surface area contributed by atoms with Crippen LogP contribution in [0, 0.1) is 10.1 Å². The first-order valence-corrected chi connectivity index (χ1v) is 5.41. The molecule has 2 aromatic carbocycles. The first kappa shape index (κ1) is 12.7. The van der Waals surface area contributed by atoms with Crippen molar-refractivity contribution < 1.29 is 14.9 Å². The monoisotopic (exact) mass is 258 g/mol. The van der Waals surface area contributed by atoms with Crippen molar-refractivity contribution in [2.45, 2.75) is 0 Å². The maximum absolute atomic E-state index is 11.2. The summed E-state index contributed by atoms with van der Waals surface area (Å²) in [5.41, 5.74) is 3.28. The van der Waals surface area contributed by atoms with Crippen LogP contribution in [0.3, 0.4) is 0 Å². The molecule has 0 radical (unpaired) electrons. The van der Waals surface area contributed by atoms with Crippen LogP contribution in [-0.2, 0) is 0 Å². The smallest absolute Gasteiger partial charge is 0.274 e. The molecule has 2 aromatic rings. The predicted octanol–water partition coefficient (Wildman–Crippen LogP) is 2.38. The van der Waals surface area contributed by atoms with E-state index >= 15 is 0 Å². The summed E-state index contributed by atoms with van der Waals surface area (Å²) in [6.45, 7) is 0. The number of nitro groups is 1. The summed E-state index contributed by atoms with van der Waals surface area (Å²) in [5.74, 6) is -0.606. The standard InChI is InChI=1S/C13H10N2O4/c16-13(14-17)10-6-4-9(5-7-10)11-2-1-3-12(8-11)15(18)19/h1-8,17H,(H,14,16). The molecule has 0 saturated heterocycles. The number of nitrogens with zero attached hydrogens (tertiary/aromatic N) is 1. The molecule has 0 saturated carbocycles. The number of hydrogen-bond acceptors (Lipinski definition) is 4. The zero-order valence-electron chi connectivity index (χ0n) is 9.74. The molecule has 0 atom stereocenters. The van der Waals surface area contributed by atoms with Gasteiger partial charge in [0.1, 0.15) is 0 Å². The summed E-state index contributed by atoms with van der Waals surface area (Å²) in [7, 11) is 0. The third-order valence-corrected chi connectivity index (χ3v) is 2.64. The van der Waals surface area contributed by atoms with Crippen molar-refractivity contribution in [2.24, 2.45) is 0 Å². The number of hydroxylamine groups is 1. The topological polar surface area (TPSA) is 92.5 Å². The second-order valence-corrected chi connectivity index (χ2v) is 3.83. The van der Waals surface area contributed by atoms with Crippen LogP contribution in [0.1, 0.15) is 10.4 Å². The van der Waals surface area contributed by atoms with Crippen LogP contribution >= 0.6 is 0 Å². The van der Waals surface area contributed by atoms with Crippen LogP contribution in [0.5, 0.6) is 0 Å². The number of benzene rings is 2. The molecule has 96 valence electrons. The fraction of sp³-hybridized carbons (Fsp3) is 0. The van der Waals surface area contributed by atoms with Crippen molar-refractivity contribution in [3.05, 3.63) is 64.2 Å². The number of carbonyl (C=O) groups excluding carboxylic acids is 1.